The van der Waals surface area contributed by atoms with Gasteiger partial charge in [-0.25, -0.2) is 4.98 Å². The Balaban J connectivity index is 1.63. The van der Waals surface area contributed by atoms with Crippen molar-refractivity contribution in [3.8, 4) is 0 Å². The van der Waals surface area contributed by atoms with Crippen LogP contribution in [0.2, 0.25) is 0 Å². The van der Waals surface area contributed by atoms with E-state index in [0.717, 1.165) is 6.07 Å². The van der Waals surface area contributed by atoms with Gasteiger partial charge in [-0.2, -0.15) is 13.2 Å². The number of amides is 1. The number of hydrogen-bond acceptors (Lipinski definition) is 6. The molecule has 0 spiro atoms. The molecule has 4 rings (SSSR count). The maximum absolute atomic E-state index is 13.6. The molecule has 0 aromatic carbocycles. The van der Waals surface area contributed by atoms with Crippen molar-refractivity contribution in [1.29, 1.82) is 0 Å². The number of carbonyl (C=O) groups excluding carboxylic acids is 1. The second kappa shape index (κ2) is 7.41. The minimum Gasteiger partial charge on any atom is -0.351 e. The van der Waals surface area contributed by atoms with Gasteiger partial charge >= 0.3 is 6.18 Å². The van der Waals surface area contributed by atoms with Crippen LogP contribution in [0.15, 0.2) is 21.2 Å². The molecule has 7 nitrogen and oxygen atoms in total. The SMILES string of the molecule is Cc1noc2nc(C3CCCN(C(=O)c4cc(C(C)C)no4)C3)cc(C(F)(F)F)c12. The summed E-state index contributed by atoms with van der Waals surface area (Å²) in [6.07, 6.45) is -3.32. The van der Waals surface area contributed by atoms with E-state index in [4.69, 9.17) is 9.05 Å². The highest BCUT2D eigenvalue weighted by Crippen LogP contribution is 2.38. The number of halogens is 3. The summed E-state index contributed by atoms with van der Waals surface area (Å²) >= 11 is 0. The van der Waals surface area contributed by atoms with E-state index < -0.39 is 11.7 Å². The predicted octanol–water partition coefficient (Wildman–Crippen LogP) is 4.68. The number of hydrogen-bond donors (Lipinski definition) is 0. The number of aromatic nitrogens is 3. The van der Waals surface area contributed by atoms with Crippen LogP contribution >= 0.6 is 0 Å². The molecule has 30 heavy (non-hydrogen) atoms. The Morgan fingerprint density at radius 1 is 1.23 bits per heavy atom. The van der Waals surface area contributed by atoms with Gasteiger partial charge < -0.3 is 13.9 Å². The molecule has 1 unspecified atom stereocenters. The molecule has 10 heteroatoms. The minimum absolute atomic E-state index is 0.117. The third-order valence-electron chi connectivity index (χ3n) is 5.40. The van der Waals surface area contributed by atoms with Crippen molar-refractivity contribution in [3.63, 3.8) is 0 Å². The van der Waals surface area contributed by atoms with Gasteiger partial charge in [0, 0.05) is 25.1 Å². The Morgan fingerprint density at radius 2 is 2.00 bits per heavy atom. The van der Waals surface area contributed by atoms with Gasteiger partial charge in [-0.05, 0) is 31.7 Å². The molecule has 1 saturated heterocycles. The van der Waals surface area contributed by atoms with E-state index in [2.05, 4.69) is 15.3 Å². The number of carbonyl (C=O) groups is 1. The van der Waals surface area contributed by atoms with Crippen molar-refractivity contribution in [2.75, 3.05) is 13.1 Å². The Morgan fingerprint density at radius 3 is 2.67 bits per heavy atom. The van der Waals surface area contributed by atoms with Gasteiger partial charge in [0.25, 0.3) is 11.6 Å². The van der Waals surface area contributed by atoms with Crippen LogP contribution in [0, 0.1) is 6.92 Å². The van der Waals surface area contributed by atoms with E-state index in [1.165, 1.54) is 6.92 Å². The van der Waals surface area contributed by atoms with E-state index in [9.17, 15) is 18.0 Å². The first-order valence-corrected chi connectivity index (χ1v) is 9.75. The highest BCUT2D eigenvalue weighted by molar-refractivity contribution is 5.91. The molecule has 1 aliphatic rings. The van der Waals surface area contributed by atoms with Gasteiger partial charge in [-0.1, -0.05) is 24.2 Å². The zero-order valence-corrected chi connectivity index (χ0v) is 16.8. The lowest BCUT2D eigenvalue weighted by molar-refractivity contribution is -0.136. The maximum Gasteiger partial charge on any atom is 0.417 e. The van der Waals surface area contributed by atoms with Crippen LogP contribution in [0.5, 0.6) is 0 Å². The zero-order valence-electron chi connectivity index (χ0n) is 16.8. The molecule has 3 aromatic heterocycles. The second-order valence-electron chi connectivity index (χ2n) is 7.90. The molecule has 1 fully saturated rings. The van der Waals surface area contributed by atoms with Crippen molar-refractivity contribution in [2.24, 2.45) is 0 Å². The lowest BCUT2D eigenvalue weighted by Gasteiger charge is -2.32. The summed E-state index contributed by atoms with van der Waals surface area (Å²) in [5.74, 6) is -0.436. The lowest BCUT2D eigenvalue weighted by atomic mass is 9.92. The monoisotopic (exact) mass is 422 g/mol. The van der Waals surface area contributed by atoms with Gasteiger partial charge in [-0.3, -0.25) is 4.79 Å². The van der Waals surface area contributed by atoms with E-state index >= 15 is 0 Å². The highest BCUT2D eigenvalue weighted by Gasteiger charge is 2.37. The van der Waals surface area contributed by atoms with Gasteiger partial charge in [0.15, 0.2) is 0 Å². The number of alkyl halides is 3. The molecular weight excluding hydrogens is 401 g/mol. The second-order valence-corrected chi connectivity index (χ2v) is 7.90. The number of likely N-dealkylation sites (tertiary alicyclic amines) is 1. The lowest BCUT2D eigenvalue weighted by Crippen LogP contribution is -2.39. The fourth-order valence-corrected chi connectivity index (χ4v) is 3.77. The molecule has 0 saturated carbocycles. The van der Waals surface area contributed by atoms with Gasteiger partial charge in [0.05, 0.1) is 28.0 Å². The summed E-state index contributed by atoms with van der Waals surface area (Å²) < 4.78 is 51.1. The number of piperidine rings is 1. The number of rotatable bonds is 3. The molecule has 3 aromatic rings. The van der Waals surface area contributed by atoms with E-state index in [1.807, 2.05) is 13.8 Å². The molecule has 160 valence electrons. The number of nitrogens with zero attached hydrogens (tertiary/aromatic N) is 4. The van der Waals surface area contributed by atoms with Crippen LogP contribution < -0.4 is 0 Å². The van der Waals surface area contributed by atoms with Gasteiger partial charge in [0.1, 0.15) is 0 Å². The number of pyridine rings is 1. The van der Waals surface area contributed by atoms with E-state index in [1.54, 1.807) is 11.0 Å². The Bertz CT molecular complexity index is 1090. The Labute approximate surface area is 170 Å². The van der Waals surface area contributed by atoms with Gasteiger partial charge in [-0.15, -0.1) is 0 Å². The van der Waals surface area contributed by atoms with Crippen LogP contribution in [0.4, 0.5) is 13.2 Å². The molecule has 0 N–H and O–H groups in total. The normalized spacial score (nSPS) is 17.8. The summed E-state index contributed by atoms with van der Waals surface area (Å²) in [7, 11) is 0. The molecule has 1 amide bonds. The summed E-state index contributed by atoms with van der Waals surface area (Å²) in [6.45, 7) is 6.05. The standard InChI is InChI=1S/C20H21F3N4O3/c1-10(2)14-8-16(29-26-14)19(28)27-6-4-5-12(9-27)15-7-13(20(21,22)23)17-11(3)25-30-18(17)24-15/h7-8,10,12H,4-6,9H2,1-3H3. The van der Waals surface area contributed by atoms with E-state index in [-0.39, 0.29) is 52.5 Å². The zero-order chi connectivity index (χ0) is 21.6. The largest absolute Gasteiger partial charge is 0.417 e. The molecule has 1 atom stereocenters. The third-order valence-corrected chi connectivity index (χ3v) is 5.40. The smallest absolute Gasteiger partial charge is 0.351 e. The molecule has 1 aliphatic heterocycles. The first-order valence-electron chi connectivity index (χ1n) is 9.75. The quantitative estimate of drug-likeness (QED) is 0.609. The number of fused-ring (bicyclic) bond motifs is 1. The van der Waals surface area contributed by atoms with Crippen molar-refractivity contribution >= 4 is 17.0 Å². The van der Waals surface area contributed by atoms with Crippen molar-refractivity contribution < 1.29 is 27.0 Å². The molecule has 0 bridgehead atoms. The fraction of sp³-hybridized carbons (Fsp3) is 0.500. The fourth-order valence-electron chi connectivity index (χ4n) is 3.77. The topological polar surface area (TPSA) is 85.3 Å². The molecule has 0 aliphatic carbocycles. The van der Waals surface area contributed by atoms with Crippen LogP contribution in [0.1, 0.15) is 71.7 Å². The minimum atomic E-state index is -4.57. The molecule has 4 heterocycles. The third kappa shape index (κ3) is 3.66. The molecule has 0 radical (unpaired) electrons. The predicted molar refractivity (Wildman–Crippen MR) is 100 cm³/mol. The first kappa shape index (κ1) is 20.4. The first-order chi connectivity index (χ1) is 14.1. The van der Waals surface area contributed by atoms with Crippen molar-refractivity contribution in [3.05, 3.63) is 40.5 Å². The average molecular weight is 422 g/mol. The Hall–Kier alpha value is -2.91. The maximum atomic E-state index is 13.6. The van der Waals surface area contributed by atoms with Crippen LogP contribution in [-0.2, 0) is 6.18 Å². The average Bonchev–Trinajstić information content (AvgIpc) is 3.34. The van der Waals surface area contributed by atoms with Crippen LogP contribution in [0.25, 0.3) is 11.1 Å². The van der Waals surface area contributed by atoms with E-state index in [0.29, 0.717) is 25.1 Å². The van der Waals surface area contributed by atoms with Crippen LogP contribution in [0.3, 0.4) is 0 Å². The van der Waals surface area contributed by atoms with Crippen LogP contribution in [-0.4, -0.2) is 39.2 Å². The summed E-state index contributed by atoms with van der Waals surface area (Å²) in [5.41, 5.74) is 0.0978. The van der Waals surface area contributed by atoms with Gasteiger partial charge in [0.2, 0.25) is 5.76 Å². The number of aryl methyl sites for hydroxylation is 1. The van der Waals surface area contributed by atoms with Crippen molar-refractivity contribution in [1.82, 2.24) is 20.2 Å². The van der Waals surface area contributed by atoms with Crippen molar-refractivity contribution in [2.45, 2.75) is 51.6 Å². The Kier molecular flexibility index (Phi) is 5.03. The summed E-state index contributed by atoms with van der Waals surface area (Å²) in [4.78, 5) is 18.7. The molecular formula is C20H21F3N4O3. The highest BCUT2D eigenvalue weighted by atomic mass is 19.4. The summed E-state index contributed by atoms with van der Waals surface area (Å²) in [5, 5.41) is 7.41. The summed E-state index contributed by atoms with van der Waals surface area (Å²) in [6, 6.07) is 2.66.